The molecule has 0 saturated heterocycles. The van der Waals surface area contributed by atoms with Gasteiger partial charge in [0.25, 0.3) is 15.9 Å². The van der Waals surface area contributed by atoms with Crippen molar-refractivity contribution in [1.82, 2.24) is 5.43 Å². The lowest BCUT2D eigenvalue weighted by molar-refractivity contribution is -0.119. The number of nitrogens with zero attached hydrogens (tertiary/aromatic N) is 2. The van der Waals surface area contributed by atoms with Crippen LogP contribution in [0.2, 0.25) is 5.02 Å². The lowest BCUT2D eigenvalue weighted by Gasteiger charge is -2.24. The van der Waals surface area contributed by atoms with Crippen LogP contribution in [0.15, 0.2) is 76.7 Å². The van der Waals surface area contributed by atoms with Crippen LogP contribution in [-0.4, -0.2) is 41.3 Å². The molecule has 0 heterocycles. The molecule has 3 rings (SSSR count). The molecule has 0 spiro atoms. The van der Waals surface area contributed by atoms with E-state index in [0.717, 1.165) is 15.4 Å². The Kier molecular flexibility index (Phi) is 8.14. The van der Waals surface area contributed by atoms with Crippen molar-refractivity contribution in [2.45, 2.75) is 11.8 Å². The van der Waals surface area contributed by atoms with Crippen LogP contribution in [0.5, 0.6) is 11.5 Å². The van der Waals surface area contributed by atoms with Crippen LogP contribution in [-0.2, 0) is 14.8 Å². The third-order valence-corrected chi connectivity index (χ3v) is 6.85. The Morgan fingerprint density at radius 1 is 1.00 bits per heavy atom. The van der Waals surface area contributed by atoms with E-state index in [0.29, 0.717) is 16.5 Å². The molecule has 0 fully saturated rings. The summed E-state index contributed by atoms with van der Waals surface area (Å²) in [7, 11) is -1.26. The Hall–Kier alpha value is -3.56. The van der Waals surface area contributed by atoms with Gasteiger partial charge in [0, 0.05) is 11.1 Å². The number of carbonyl (C=O) groups excluding carboxylic acids is 1. The van der Waals surface area contributed by atoms with Crippen LogP contribution in [0.1, 0.15) is 11.1 Å². The minimum atomic E-state index is -4.13. The highest BCUT2D eigenvalue weighted by atomic mass is 35.5. The maximum Gasteiger partial charge on any atom is 0.264 e. The number of ether oxygens (including phenoxy) is 2. The molecule has 0 bridgehead atoms. The Labute approximate surface area is 203 Å². The summed E-state index contributed by atoms with van der Waals surface area (Å²) in [5.41, 5.74) is 4.37. The van der Waals surface area contributed by atoms with Crippen molar-refractivity contribution in [2.75, 3.05) is 25.1 Å². The Morgan fingerprint density at radius 2 is 1.65 bits per heavy atom. The first-order valence-electron chi connectivity index (χ1n) is 10.1. The number of hydrazone groups is 1. The fourth-order valence-electron chi connectivity index (χ4n) is 3.02. The number of halogens is 1. The number of anilines is 1. The van der Waals surface area contributed by atoms with Gasteiger partial charge in [0.15, 0.2) is 11.5 Å². The number of hydrogen-bond donors (Lipinski definition) is 1. The molecular weight excluding hydrogens is 478 g/mol. The van der Waals surface area contributed by atoms with Crippen molar-refractivity contribution in [2.24, 2.45) is 5.10 Å². The molecule has 178 valence electrons. The van der Waals surface area contributed by atoms with Crippen molar-refractivity contribution in [1.29, 1.82) is 0 Å². The average Bonchev–Trinajstić information content (AvgIpc) is 2.84. The van der Waals surface area contributed by atoms with E-state index in [4.69, 9.17) is 21.1 Å². The highest BCUT2D eigenvalue weighted by Gasteiger charge is 2.28. The third kappa shape index (κ3) is 6.06. The third-order valence-electron chi connectivity index (χ3n) is 4.83. The van der Waals surface area contributed by atoms with Gasteiger partial charge in [0.2, 0.25) is 0 Å². The number of hydrogen-bond acceptors (Lipinski definition) is 6. The molecule has 0 aliphatic heterocycles. The first-order valence-corrected chi connectivity index (χ1v) is 12.0. The Morgan fingerprint density at radius 3 is 2.26 bits per heavy atom. The number of amides is 1. The molecule has 3 aromatic carbocycles. The van der Waals surface area contributed by atoms with Crippen LogP contribution >= 0.6 is 11.6 Å². The molecule has 34 heavy (non-hydrogen) atoms. The van der Waals surface area contributed by atoms with Gasteiger partial charge in [0.1, 0.15) is 6.54 Å². The Bertz CT molecular complexity index is 1280. The number of carbonyl (C=O) groups is 1. The summed E-state index contributed by atoms with van der Waals surface area (Å²) in [6, 6.07) is 17.9. The fourth-order valence-corrected chi connectivity index (χ4v) is 4.59. The standard InChI is InChI=1S/C24H24ClN3O5S/c1-17-4-10-20(11-5-17)28(16-24(29)27-26-15-18-6-8-19(25)9-7-18)34(30,31)21-12-13-22(32-2)23(14-21)33-3/h4-15H,16H2,1-3H3,(H,27,29)/b26-15-. The molecule has 0 radical (unpaired) electrons. The van der Waals surface area contributed by atoms with Crippen LogP contribution in [0.4, 0.5) is 5.69 Å². The Balaban J connectivity index is 1.88. The quantitative estimate of drug-likeness (QED) is 0.353. The van der Waals surface area contributed by atoms with Crippen LogP contribution in [0.25, 0.3) is 0 Å². The van der Waals surface area contributed by atoms with Crippen LogP contribution in [0.3, 0.4) is 0 Å². The molecule has 0 saturated carbocycles. The predicted octanol–water partition coefficient (Wildman–Crippen LogP) is 4.01. The highest BCUT2D eigenvalue weighted by Crippen LogP contribution is 2.32. The second-order valence-corrected chi connectivity index (χ2v) is 9.51. The largest absolute Gasteiger partial charge is 0.493 e. The monoisotopic (exact) mass is 501 g/mol. The number of nitrogens with one attached hydrogen (secondary N) is 1. The van der Waals surface area contributed by atoms with Gasteiger partial charge in [-0.2, -0.15) is 5.10 Å². The summed E-state index contributed by atoms with van der Waals surface area (Å²) in [5, 5.41) is 4.49. The lowest BCUT2D eigenvalue weighted by Crippen LogP contribution is -2.39. The molecule has 0 aliphatic carbocycles. The van der Waals surface area contributed by atoms with Crippen molar-refractivity contribution < 1.29 is 22.7 Å². The summed E-state index contributed by atoms with van der Waals surface area (Å²) in [5.74, 6) is 0.0249. The second kappa shape index (κ2) is 11.0. The molecule has 0 aliphatic rings. The molecule has 0 unspecified atom stereocenters. The fraction of sp³-hybridized carbons (Fsp3) is 0.167. The van der Waals surface area contributed by atoms with Gasteiger partial charge in [-0.15, -0.1) is 0 Å². The van der Waals surface area contributed by atoms with E-state index in [2.05, 4.69) is 10.5 Å². The van der Waals surface area contributed by atoms with Crippen LogP contribution in [0, 0.1) is 6.92 Å². The first kappa shape index (κ1) is 25.1. The number of benzene rings is 3. The molecule has 10 heteroatoms. The molecule has 1 N–H and O–H groups in total. The second-order valence-electron chi connectivity index (χ2n) is 7.21. The van der Waals surface area contributed by atoms with Crippen molar-refractivity contribution in [3.63, 3.8) is 0 Å². The number of sulfonamides is 1. The van der Waals surface area contributed by atoms with Gasteiger partial charge >= 0.3 is 0 Å². The van der Waals surface area contributed by atoms with Gasteiger partial charge in [-0.05, 0) is 48.9 Å². The maximum absolute atomic E-state index is 13.5. The van der Waals surface area contributed by atoms with Gasteiger partial charge in [-0.1, -0.05) is 41.4 Å². The summed E-state index contributed by atoms with van der Waals surface area (Å²) in [4.78, 5) is 12.6. The highest BCUT2D eigenvalue weighted by molar-refractivity contribution is 7.92. The maximum atomic E-state index is 13.5. The van der Waals surface area contributed by atoms with Crippen molar-refractivity contribution in [3.05, 3.63) is 82.9 Å². The molecule has 3 aromatic rings. The topological polar surface area (TPSA) is 97.3 Å². The normalized spacial score (nSPS) is 11.3. The zero-order valence-electron chi connectivity index (χ0n) is 18.9. The van der Waals surface area contributed by atoms with Gasteiger partial charge < -0.3 is 9.47 Å². The summed E-state index contributed by atoms with van der Waals surface area (Å²) in [6.07, 6.45) is 1.44. The SMILES string of the molecule is COc1ccc(S(=O)(=O)N(CC(=O)N/N=C\c2ccc(Cl)cc2)c2ccc(C)cc2)cc1OC. The van der Waals surface area contributed by atoms with E-state index < -0.39 is 22.5 Å². The van der Waals surface area contributed by atoms with Gasteiger partial charge in [-0.3, -0.25) is 9.10 Å². The predicted molar refractivity (Wildman–Crippen MR) is 132 cm³/mol. The zero-order chi connectivity index (χ0) is 24.7. The van der Waals surface area contributed by atoms with E-state index in [-0.39, 0.29) is 10.6 Å². The van der Waals surface area contributed by atoms with Gasteiger partial charge in [-0.25, -0.2) is 13.8 Å². The van der Waals surface area contributed by atoms with Crippen molar-refractivity contribution >= 4 is 39.4 Å². The van der Waals surface area contributed by atoms with Crippen LogP contribution < -0.4 is 19.2 Å². The number of methoxy groups -OCH3 is 2. The molecular formula is C24H24ClN3O5S. The van der Waals surface area contributed by atoms with E-state index in [1.807, 2.05) is 6.92 Å². The van der Waals surface area contributed by atoms with E-state index in [9.17, 15) is 13.2 Å². The number of aryl methyl sites for hydroxylation is 1. The molecule has 0 aromatic heterocycles. The van der Waals surface area contributed by atoms with E-state index in [1.54, 1.807) is 48.5 Å². The minimum Gasteiger partial charge on any atom is -0.493 e. The summed E-state index contributed by atoms with van der Waals surface area (Å²) in [6.45, 7) is 1.40. The molecule has 8 nitrogen and oxygen atoms in total. The van der Waals surface area contributed by atoms with Crippen molar-refractivity contribution in [3.8, 4) is 11.5 Å². The molecule has 0 atom stereocenters. The summed E-state index contributed by atoms with van der Waals surface area (Å²) < 4.78 is 38.5. The van der Waals surface area contributed by atoms with Gasteiger partial charge in [0.05, 0.1) is 31.0 Å². The average molecular weight is 502 g/mol. The van der Waals surface area contributed by atoms with E-state index >= 15 is 0 Å². The minimum absolute atomic E-state index is 0.0526. The number of rotatable bonds is 9. The zero-order valence-corrected chi connectivity index (χ0v) is 20.4. The summed E-state index contributed by atoms with van der Waals surface area (Å²) >= 11 is 5.86. The lowest BCUT2D eigenvalue weighted by atomic mass is 10.2. The smallest absolute Gasteiger partial charge is 0.264 e. The van der Waals surface area contributed by atoms with E-state index in [1.165, 1.54) is 38.6 Å². The molecule has 1 amide bonds. The first-order chi connectivity index (χ1) is 16.2.